The van der Waals surface area contributed by atoms with Crippen LogP contribution in [0.1, 0.15) is 24.4 Å². The summed E-state index contributed by atoms with van der Waals surface area (Å²) in [5.41, 5.74) is 1.09. The molecule has 0 radical (unpaired) electrons. The van der Waals surface area contributed by atoms with Crippen LogP contribution in [0.25, 0.3) is 0 Å². The molecule has 1 aromatic carbocycles. The van der Waals surface area contributed by atoms with Crippen LogP contribution in [0.15, 0.2) is 28.7 Å². The molecule has 1 amide bonds. The molecule has 1 heterocycles. The van der Waals surface area contributed by atoms with Crippen LogP contribution >= 0.6 is 15.9 Å². The quantitative estimate of drug-likeness (QED) is 0.891. The lowest BCUT2D eigenvalue weighted by molar-refractivity contribution is -0.146. The van der Waals surface area contributed by atoms with Crippen LogP contribution in [0.4, 0.5) is 0 Å². The number of aliphatic carboxylic acids is 1. The number of likely N-dealkylation sites (tertiary alicyclic amines) is 1. The number of rotatable bonds is 5. The van der Waals surface area contributed by atoms with Crippen LogP contribution in [0.2, 0.25) is 0 Å². The molecule has 1 N–H and O–H groups in total. The summed E-state index contributed by atoms with van der Waals surface area (Å²) in [5, 5.41) is 8.50. The van der Waals surface area contributed by atoms with Gasteiger partial charge in [0.25, 0.3) is 0 Å². The first-order chi connectivity index (χ1) is 9.58. The average molecular weight is 342 g/mol. The molecule has 1 aromatic rings. The van der Waals surface area contributed by atoms with Gasteiger partial charge in [-0.1, -0.05) is 28.1 Å². The number of benzene rings is 1. The van der Waals surface area contributed by atoms with E-state index in [4.69, 9.17) is 9.84 Å². The monoisotopic (exact) mass is 341 g/mol. The lowest BCUT2D eigenvalue weighted by Crippen LogP contribution is -2.34. The van der Waals surface area contributed by atoms with Crippen molar-refractivity contribution in [3.8, 4) is 0 Å². The molecule has 6 heteroatoms. The van der Waals surface area contributed by atoms with Gasteiger partial charge in [0.15, 0.2) is 0 Å². The highest BCUT2D eigenvalue weighted by Crippen LogP contribution is 2.33. The van der Waals surface area contributed by atoms with Crippen LogP contribution in [0.5, 0.6) is 0 Å². The highest BCUT2D eigenvalue weighted by Gasteiger charge is 2.29. The van der Waals surface area contributed by atoms with Crippen molar-refractivity contribution in [2.75, 3.05) is 19.8 Å². The predicted molar refractivity (Wildman–Crippen MR) is 76.3 cm³/mol. The largest absolute Gasteiger partial charge is 0.480 e. The van der Waals surface area contributed by atoms with Gasteiger partial charge in [-0.25, -0.2) is 4.79 Å². The Labute approximate surface area is 125 Å². The van der Waals surface area contributed by atoms with E-state index in [1.165, 1.54) is 0 Å². The third-order valence-electron chi connectivity index (χ3n) is 3.26. The molecule has 20 heavy (non-hydrogen) atoms. The summed E-state index contributed by atoms with van der Waals surface area (Å²) in [6.45, 7) is 0.0599. The molecule has 0 aliphatic carbocycles. The van der Waals surface area contributed by atoms with Gasteiger partial charge in [-0.2, -0.15) is 0 Å². The van der Waals surface area contributed by atoms with E-state index in [-0.39, 0.29) is 18.6 Å². The molecular weight excluding hydrogens is 326 g/mol. The van der Waals surface area contributed by atoms with Gasteiger partial charge >= 0.3 is 5.97 Å². The molecule has 1 saturated heterocycles. The van der Waals surface area contributed by atoms with Gasteiger partial charge in [0.05, 0.1) is 6.04 Å². The SMILES string of the molecule is O=C(O)COCC(=O)N1CCCC1c1cccc(Br)c1. The van der Waals surface area contributed by atoms with Gasteiger partial charge in [-0.3, -0.25) is 4.79 Å². The van der Waals surface area contributed by atoms with Crippen molar-refractivity contribution in [1.82, 2.24) is 4.90 Å². The predicted octanol–water partition coefficient (Wildman–Crippen LogP) is 2.21. The fourth-order valence-electron chi connectivity index (χ4n) is 2.43. The normalized spacial score (nSPS) is 18.2. The number of carbonyl (C=O) groups is 2. The summed E-state index contributed by atoms with van der Waals surface area (Å²) in [5.74, 6) is -1.23. The first-order valence-corrected chi connectivity index (χ1v) is 7.21. The molecule has 2 rings (SSSR count). The molecular formula is C14H16BrNO4. The molecule has 1 unspecified atom stereocenters. The number of halogens is 1. The number of carboxylic acid groups (broad SMARTS) is 1. The van der Waals surface area contributed by atoms with Crippen molar-refractivity contribution in [3.05, 3.63) is 34.3 Å². The van der Waals surface area contributed by atoms with Gasteiger partial charge in [0.2, 0.25) is 5.91 Å². The van der Waals surface area contributed by atoms with Gasteiger partial charge in [-0.05, 0) is 30.5 Å². The molecule has 1 fully saturated rings. The second-order valence-corrected chi connectivity index (χ2v) is 5.60. The first kappa shape index (κ1) is 15.0. The van der Waals surface area contributed by atoms with Crippen molar-refractivity contribution in [1.29, 1.82) is 0 Å². The number of hydrogen-bond acceptors (Lipinski definition) is 3. The van der Waals surface area contributed by atoms with E-state index in [9.17, 15) is 9.59 Å². The van der Waals surface area contributed by atoms with E-state index in [2.05, 4.69) is 15.9 Å². The lowest BCUT2D eigenvalue weighted by Gasteiger charge is -2.25. The number of carboxylic acids is 1. The summed E-state index contributed by atoms with van der Waals surface area (Å²) in [4.78, 5) is 24.2. The Bertz CT molecular complexity index is 506. The van der Waals surface area contributed by atoms with Crippen LogP contribution in [0.3, 0.4) is 0 Å². The maximum atomic E-state index is 12.1. The molecule has 1 aliphatic heterocycles. The highest BCUT2D eigenvalue weighted by atomic mass is 79.9. The Morgan fingerprint density at radius 3 is 2.90 bits per heavy atom. The minimum atomic E-state index is -1.07. The van der Waals surface area contributed by atoms with Crippen molar-refractivity contribution >= 4 is 27.8 Å². The molecule has 1 aliphatic rings. The van der Waals surface area contributed by atoms with E-state index < -0.39 is 12.6 Å². The summed E-state index contributed by atoms with van der Waals surface area (Å²) in [7, 11) is 0. The third kappa shape index (κ3) is 3.80. The maximum absolute atomic E-state index is 12.1. The fraction of sp³-hybridized carbons (Fsp3) is 0.429. The Morgan fingerprint density at radius 1 is 1.40 bits per heavy atom. The third-order valence-corrected chi connectivity index (χ3v) is 3.75. The number of nitrogens with zero attached hydrogens (tertiary/aromatic N) is 1. The van der Waals surface area contributed by atoms with Crippen LogP contribution in [0, 0.1) is 0 Å². The summed E-state index contributed by atoms with van der Waals surface area (Å²) >= 11 is 3.43. The molecule has 0 aromatic heterocycles. The maximum Gasteiger partial charge on any atom is 0.329 e. The Hall–Kier alpha value is -1.40. The zero-order valence-corrected chi connectivity index (χ0v) is 12.5. The highest BCUT2D eigenvalue weighted by molar-refractivity contribution is 9.10. The smallest absolute Gasteiger partial charge is 0.329 e. The van der Waals surface area contributed by atoms with Crippen molar-refractivity contribution in [2.45, 2.75) is 18.9 Å². The lowest BCUT2D eigenvalue weighted by atomic mass is 10.0. The summed E-state index contributed by atoms with van der Waals surface area (Å²) < 4.78 is 5.86. The second-order valence-electron chi connectivity index (χ2n) is 4.69. The van der Waals surface area contributed by atoms with Crippen LogP contribution in [-0.2, 0) is 14.3 Å². The van der Waals surface area contributed by atoms with E-state index >= 15 is 0 Å². The Balaban J connectivity index is 2.00. The van der Waals surface area contributed by atoms with Crippen molar-refractivity contribution < 1.29 is 19.4 Å². The second kappa shape index (κ2) is 6.85. The van der Waals surface area contributed by atoms with Gasteiger partial charge in [-0.15, -0.1) is 0 Å². The first-order valence-electron chi connectivity index (χ1n) is 6.42. The van der Waals surface area contributed by atoms with Gasteiger partial charge in [0, 0.05) is 11.0 Å². The summed E-state index contributed by atoms with van der Waals surface area (Å²) in [6, 6.07) is 7.95. The number of hydrogen-bond donors (Lipinski definition) is 1. The molecule has 0 saturated carbocycles. The van der Waals surface area contributed by atoms with Crippen molar-refractivity contribution in [2.24, 2.45) is 0 Å². The van der Waals surface area contributed by atoms with Gasteiger partial charge < -0.3 is 14.7 Å². The number of carbonyl (C=O) groups excluding carboxylic acids is 1. The molecule has 0 spiro atoms. The standard InChI is InChI=1S/C14H16BrNO4/c15-11-4-1-3-10(7-11)12-5-2-6-16(12)13(17)8-20-9-14(18)19/h1,3-4,7,12H,2,5-6,8-9H2,(H,18,19). The minimum Gasteiger partial charge on any atom is -0.480 e. The topological polar surface area (TPSA) is 66.8 Å². The van der Waals surface area contributed by atoms with E-state index in [0.29, 0.717) is 6.54 Å². The molecule has 1 atom stereocenters. The Morgan fingerprint density at radius 2 is 2.20 bits per heavy atom. The zero-order valence-electron chi connectivity index (χ0n) is 10.9. The minimum absolute atomic E-state index is 0.0495. The van der Waals surface area contributed by atoms with E-state index in [1.807, 2.05) is 24.3 Å². The van der Waals surface area contributed by atoms with Crippen LogP contribution < -0.4 is 0 Å². The summed E-state index contributed by atoms with van der Waals surface area (Å²) in [6.07, 6.45) is 1.86. The van der Waals surface area contributed by atoms with E-state index in [1.54, 1.807) is 4.90 Å². The average Bonchev–Trinajstić information content (AvgIpc) is 2.87. The molecule has 108 valence electrons. The number of ether oxygens (including phenoxy) is 1. The molecule has 0 bridgehead atoms. The van der Waals surface area contributed by atoms with Crippen molar-refractivity contribution in [3.63, 3.8) is 0 Å². The number of amides is 1. The zero-order chi connectivity index (χ0) is 14.5. The van der Waals surface area contributed by atoms with Gasteiger partial charge in [0.1, 0.15) is 13.2 Å². The fourth-order valence-corrected chi connectivity index (χ4v) is 2.85. The van der Waals surface area contributed by atoms with E-state index in [0.717, 1.165) is 22.9 Å². The Kier molecular flexibility index (Phi) is 5.14. The van der Waals surface area contributed by atoms with Crippen LogP contribution in [-0.4, -0.2) is 41.6 Å². The molecule has 5 nitrogen and oxygen atoms in total.